The van der Waals surface area contributed by atoms with Crippen molar-refractivity contribution in [1.29, 1.82) is 0 Å². The lowest BCUT2D eigenvalue weighted by atomic mass is 10.1. The summed E-state index contributed by atoms with van der Waals surface area (Å²) in [4.78, 5) is 15.7. The molecule has 5 nitrogen and oxygen atoms in total. The zero-order valence-electron chi connectivity index (χ0n) is 11.3. The lowest BCUT2D eigenvalue weighted by molar-refractivity contribution is 0.0939. The van der Waals surface area contributed by atoms with Crippen molar-refractivity contribution in [2.45, 2.75) is 19.9 Å². The van der Waals surface area contributed by atoms with Gasteiger partial charge in [0.2, 0.25) is 0 Å². The number of nitrogens with zero attached hydrogens (tertiary/aromatic N) is 3. The fraction of sp³-hybridized carbons (Fsp3) is 0.308. The largest absolute Gasteiger partial charge is 0.345 e. The highest BCUT2D eigenvalue weighted by atomic mass is 35.5. The quantitative estimate of drug-likeness (QED) is 0.885. The number of carbonyl (C=O) groups is 1. The molecule has 0 bridgehead atoms. The highest BCUT2D eigenvalue weighted by Crippen LogP contribution is 2.19. The molecule has 0 saturated heterocycles. The summed E-state index contributed by atoms with van der Waals surface area (Å²) in [5, 5.41) is 6.84. The molecule has 2 aromatic heterocycles. The molecule has 20 heavy (non-hydrogen) atoms. The molecule has 1 unspecified atom stereocenters. The van der Waals surface area contributed by atoms with Gasteiger partial charge in [0, 0.05) is 18.3 Å². The summed E-state index contributed by atoms with van der Waals surface area (Å²) in [5.74, 6) is -1.08. The van der Waals surface area contributed by atoms with Crippen molar-refractivity contribution in [2.24, 2.45) is 7.05 Å². The van der Waals surface area contributed by atoms with E-state index in [1.807, 2.05) is 20.9 Å². The highest BCUT2D eigenvalue weighted by molar-refractivity contribution is 6.32. The van der Waals surface area contributed by atoms with Gasteiger partial charge in [-0.05, 0) is 19.9 Å². The Morgan fingerprint density at radius 2 is 2.20 bits per heavy atom. The highest BCUT2D eigenvalue weighted by Gasteiger charge is 2.18. The van der Waals surface area contributed by atoms with E-state index in [9.17, 15) is 9.18 Å². The smallest absolute Gasteiger partial charge is 0.254 e. The maximum absolute atomic E-state index is 13.1. The molecule has 0 aromatic carbocycles. The van der Waals surface area contributed by atoms with E-state index in [-0.39, 0.29) is 16.8 Å². The number of aryl methyl sites for hydroxylation is 1. The summed E-state index contributed by atoms with van der Waals surface area (Å²) in [5.41, 5.74) is 1.85. The van der Waals surface area contributed by atoms with E-state index < -0.39 is 11.7 Å². The van der Waals surface area contributed by atoms with E-state index in [1.54, 1.807) is 10.9 Å². The van der Waals surface area contributed by atoms with Crippen LogP contribution in [0.5, 0.6) is 0 Å². The molecule has 0 aliphatic heterocycles. The van der Waals surface area contributed by atoms with E-state index in [2.05, 4.69) is 15.4 Å². The Morgan fingerprint density at radius 1 is 1.50 bits per heavy atom. The Labute approximate surface area is 120 Å². The molecule has 0 aliphatic rings. The van der Waals surface area contributed by atoms with Gasteiger partial charge in [0.25, 0.3) is 5.91 Å². The van der Waals surface area contributed by atoms with E-state index in [4.69, 9.17) is 11.6 Å². The molecule has 2 aromatic rings. The lowest BCUT2D eigenvalue weighted by Gasteiger charge is -2.14. The maximum Gasteiger partial charge on any atom is 0.254 e. The van der Waals surface area contributed by atoms with Gasteiger partial charge >= 0.3 is 0 Å². The molecule has 1 atom stereocenters. The van der Waals surface area contributed by atoms with E-state index >= 15 is 0 Å². The predicted octanol–water partition coefficient (Wildman–Crippen LogP) is 2.41. The van der Waals surface area contributed by atoms with Gasteiger partial charge in [0.05, 0.1) is 24.0 Å². The first-order chi connectivity index (χ1) is 9.40. The molecular formula is C13H14ClFN4O. The number of carbonyl (C=O) groups excluding carboxylic acids is 1. The minimum atomic E-state index is -0.607. The van der Waals surface area contributed by atoms with E-state index in [0.29, 0.717) is 0 Å². The van der Waals surface area contributed by atoms with Crippen LogP contribution < -0.4 is 5.32 Å². The Bertz CT molecular complexity index is 656. The third-order valence-electron chi connectivity index (χ3n) is 3.14. The Morgan fingerprint density at radius 3 is 2.80 bits per heavy atom. The van der Waals surface area contributed by atoms with Gasteiger partial charge in [0.15, 0.2) is 0 Å². The van der Waals surface area contributed by atoms with Gasteiger partial charge in [-0.1, -0.05) is 11.6 Å². The van der Waals surface area contributed by atoms with Crippen molar-refractivity contribution in [1.82, 2.24) is 20.1 Å². The molecule has 1 N–H and O–H groups in total. The molecule has 0 saturated carbocycles. The number of aromatic nitrogens is 3. The summed E-state index contributed by atoms with van der Waals surface area (Å²) in [7, 11) is 1.82. The Kier molecular flexibility index (Phi) is 4.04. The van der Waals surface area contributed by atoms with Crippen LogP contribution in [0, 0.1) is 12.7 Å². The van der Waals surface area contributed by atoms with Gasteiger partial charge in [-0.25, -0.2) is 9.37 Å². The van der Waals surface area contributed by atoms with Crippen LogP contribution in [-0.4, -0.2) is 20.7 Å². The van der Waals surface area contributed by atoms with Gasteiger partial charge in [-0.3, -0.25) is 9.48 Å². The third-order valence-corrected chi connectivity index (χ3v) is 3.44. The fourth-order valence-electron chi connectivity index (χ4n) is 1.87. The topological polar surface area (TPSA) is 59.8 Å². The minimum absolute atomic E-state index is 0.0139. The van der Waals surface area contributed by atoms with Gasteiger partial charge in [-0.2, -0.15) is 5.10 Å². The van der Waals surface area contributed by atoms with Crippen molar-refractivity contribution in [3.05, 3.63) is 46.3 Å². The summed E-state index contributed by atoms with van der Waals surface area (Å²) < 4.78 is 14.8. The summed E-state index contributed by atoms with van der Waals surface area (Å²) in [6, 6.07) is 0.795. The molecule has 0 fully saturated rings. The van der Waals surface area contributed by atoms with Crippen LogP contribution in [-0.2, 0) is 7.05 Å². The van der Waals surface area contributed by atoms with Crippen LogP contribution in [0.25, 0.3) is 0 Å². The molecule has 0 spiro atoms. The number of nitrogens with one attached hydrogen (secondary N) is 1. The molecule has 1 amide bonds. The lowest BCUT2D eigenvalue weighted by Crippen LogP contribution is -2.27. The molecule has 0 aliphatic carbocycles. The maximum atomic E-state index is 13.1. The molecule has 2 rings (SSSR count). The SMILES string of the molecule is Cc1c(C(C)NC(=O)c2cc(F)cnc2Cl)cnn1C. The standard InChI is InChI=1S/C13H14ClFN4O/c1-7(11-6-17-19(3)8(11)2)18-13(20)10-4-9(15)5-16-12(10)14/h4-7H,1-3H3,(H,18,20). The van der Waals surface area contributed by atoms with Gasteiger partial charge < -0.3 is 5.32 Å². The second-order valence-electron chi connectivity index (χ2n) is 4.50. The van der Waals surface area contributed by atoms with Gasteiger partial charge in [-0.15, -0.1) is 0 Å². The van der Waals surface area contributed by atoms with Crippen LogP contribution in [0.2, 0.25) is 5.15 Å². The predicted molar refractivity (Wildman–Crippen MR) is 73.0 cm³/mol. The van der Waals surface area contributed by atoms with Gasteiger partial charge in [0.1, 0.15) is 11.0 Å². The summed E-state index contributed by atoms with van der Waals surface area (Å²) in [6.45, 7) is 3.73. The molecule has 7 heteroatoms. The number of hydrogen-bond donors (Lipinski definition) is 1. The zero-order valence-corrected chi connectivity index (χ0v) is 12.1. The van der Waals surface area contributed by atoms with Crippen molar-refractivity contribution in [2.75, 3.05) is 0 Å². The van der Waals surface area contributed by atoms with Crippen LogP contribution in [0.3, 0.4) is 0 Å². The van der Waals surface area contributed by atoms with Crippen molar-refractivity contribution in [3.63, 3.8) is 0 Å². The van der Waals surface area contributed by atoms with E-state index in [1.165, 1.54) is 0 Å². The van der Waals surface area contributed by atoms with Crippen LogP contribution >= 0.6 is 11.6 Å². The molecule has 106 valence electrons. The number of rotatable bonds is 3. The average Bonchev–Trinajstić information content (AvgIpc) is 2.73. The average molecular weight is 297 g/mol. The normalized spacial score (nSPS) is 12.2. The monoisotopic (exact) mass is 296 g/mol. The van der Waals surface area contributed by atoms with Crippen LogP contribution in [0.15, 0.2) is 18.5 Å². The zero-order chi connectivity index (χ0) is 14.9. The van der Waals surface area contributed by atoms with E-state index in [0.717, 1.165) is 23.5 Å². The Balaban J connectivity index is 2.19. The summed E-state index contributed by atoms with van der Waals surface area (Å²) >= 11 is 5.80. The minimum Gasteiger partial charge on any atom is -0.345 e. The van der Waals surface area contributed by atoms with Crippen LogP contribution in [0.1, 0.15) is 34.6 Å². The van der Waals surface area contributed by atoms with Crippen LogP contribution in [0.4, 0.5) is 4.39 Å². The van der Waals surface area contributed by atoms with Crippen molar-refractivity contribution >= 4 is 17.5 Å². The third kappa shape index (κ3) is 2.80. The fourth-order valence-corrected chi connectivity index (χ4v) is 2.06. The number of halogens is 2. The van der Waals surface area contributed by atoms with Crippen molar-refractivity contribution in [3.8, 4) is 0 Å². The summed E-state index contributed by atoms with van der Waals surface area (Å²) in [6.07, 6.45) is 2.65. The number of hydrogen-bond acceptors (Lipinski definition) is 3. The first-order valence-electron chi connectivity index (χ1n) is 6.00. The molecule has 2 heterocycles. The number of amides is 1. The second kappa shape index (κ2) is 5.58. The Hall–Kier alpha value is -1.95. The second-order valence-corrected chi connectivity index (χ2v) is 4.85. The van der Waals surface area contributed by atoms with Crippen molar-refractivity contribution < 1.29 is 9.18 Å². The molecule has 0 radical (unpaired) electrons. The first kappa shape index (κ1) is 14.5. The number of pyridine rings is 1. The first-order valence-corrected chi connectivity index (χ1v) is 6.38. The molecular weight excluding hydrogens is 283 g/mol.